The highest BCUT2D eigenvalue weighted by Gasteiger charge is 2.15. The Bertz CT molecular complexity index is 932. The Morgan fingerprint density at radius 1 is 1.14 bits per heavy atom. The van der Waals surface area contributed by atoms with E-state index in [1.54, 1.807) is 18.3 Å². The quantitative estimate of drug-likeness (QED) is 0.349. The minimum absolute atomic E-state index is 0.155. The second-order valence-electron chi connectivity index (χ2n) is 7.06. The van der Waals surface area contributed by atoms with Crippen molar-refractivity contribution >= 4 is 23.4 Å². The van der Waals surface area contributed by atoms with Crippen LogP contribution in [-0.4, -0.2) is 16.0 Å². The van der Waals surface area contributed by atoms with Gasteiger partial charge in [0.25, 0.3) is 5.91 Å². The molecule has 3 aromatic rings. The van der Waals surface area contributed by atoms with Crippen LogP contribution in [0.2, 0.25) is 0 Å². The summed E-state index contributed by atoms with van der Waals surface area (Å²) in [5.41, 5.74) is 4.58. The molecule has 0 saturated heterocycles. The highest BCUT2D eigenvalue weighted by atomic mass is 32.2. The van der Waals surface area contributed by atoms with Crippen LogP contribution >= 0.6 is 11.8 Å². The van der Waals surface area contributed by atoms with Crippen LogP contribution in [0.5, 0.6) is 0 Å². The first-order valence-electron chi connectivity index (χ1n) is 9.98. The van der Waals surface area contributed by atoms with E-state index in [2.05, 4.69) is 34.5 Å². The Morgan fingerprint density at radius 2 is 1.93 bits per heavy atom. The molecule has 29 heavy (non-hydrogen) atoms. The molecule has 0 aliphatic carbocycles. The van der Waals surface area contributed by atoms with Crippen molar-refractivity contribution in [2.24, 2.45) is 0 Å². The van der Waals surface area contributed by atoms with Gasteiger partial charge in [0.2, 0.25) is 0 Å². The molecule has 2 aromatic heterocycles. The number of amides is 1. The van der Waals surface area contributed by atoms with Crippen molar-refractivity contribution < 1.29 is 9.32 Å². The number of anilines is 1. The number of pyridine rings is 1. The van der Waals surface area contributed by atoms with Crippen molar-refractivity contribution in [1.82, 2.24) is 10.1 Å². The van der Waals surface area contributed by atoms with Gasteiger partial charge >= 0.3 is 0 Å². The van der Waals surface area contributed by atoms with Crippen LogP contribution in [0.1, 0.15) is 59.1 Å². The maximum Gasteiger partial charge on any atom is 0.258 e. The molecule has 152 valence electrons. The molecule has 1 N–H and O–H groups in total. The predicted octanol–water partition coefficient (Wildman–Crippen LogP) is 5.96. The van der Waals surface area contributed by atoms with Crippen molar-refractivity contribution in [3.05, 3.63) is 70.7 Å². The van der Waals surface area contributed by atoms with Crippen LogP contribution < -0.4 is 5.32 Å². The zero-order valence-corrected chi connectivity index (χ0v) is 18.0. The summed E-state index contributed by atoms with van der Waals surface area (Å²) in [4.78, 5) is 17.2. The number of benzene rings is 1. The van der Waals surface area contributed by atoms with E-state index in [-0.39, 0.29) is 5.91 Å². The molecule has 0 spiro atoms. The number of thioether (sulfide) groups is 1. The summed E-state index contributed by atoms with van der Waals surface area (Å²) < 4.78 is 5.22. The zero-order chi connectivity index (χ0) is 20.6. The number of carbonyl (C=O) groups excluding carboxylic acids is 1. The van der Waals surface area contributed by atoms with Crippen LogP contribution in [0.4, 0.5) is 5.69 Å². The first kappa shape index (κ1) is 21.1. The van der Waals surface area contributed by atoms with E-state index < -0.39 is 0 Å². The molecule has 0 bridgehead atoms. The first-order valence-corrected chi connectivity index (χ1v) is 11.0. The molecule has 0 aliphatic rings. The lowest BCUT2D eigenvalue weighted by molar-refractivity contribution is 0.102. The number of hydrogen-bond donors (Lipinski definition) is 1. The summed E-state index contributed by atoms with van der Waals surface area (Å²) in [6.07, 6.45) is 6.44. The van der Waals surface area contributed by atoms with Crippen molar-refractivity contribution in [2.75, 3.05) is 5.32 Å². The van der Waals surface area contributed by atoms with Gasteiger partial charge in [0.1, 0.15) is 10.8 Å². The lowest BCUT2D eigenvalue weighted by Crippen LogP contribution is -2.13. The van der Waals surface area contributed by atoms with E-state index in [0.29, 0.717) is 16.3 Å². The molecule has 5 nitrogen and oxygen atoms in total. The van der Waals surface area contributed by atoms with Crippen LogP contribution in [0.15, 0.2) is 52.1 Å². The molecule has 0 unspecified atom stereocenters. The number of carbonyl (C=O) groups is 1. The normalized spacial score (nSPS) is 10.9. The van der Waals surface area contributed by atoms with Gasteiger partial charge in [0.15, 0.2) is 0 Å². The Kier molecular flexibility index (Phi) is 7.47. The van der Waals surface area contributed by atoms with E-state index in [9.17, 15) is 4.79 Å². The fraction of sp³-hybridized carbons (Fsp3) is 0.348. The maximum absolute atomic E-state index is 12.8. The van der Waals surface area contributed by atoms with E-state index in [4.69, 9.17) is 4.52 Å². The van der Waals surface area contributed by atoms with Crippen LogP contribution in [0.3, 0.4) is 0 Å². The second-order valence-corrected chi connectivity index (χ2v) is 8.02. The minimum Gasteiger partial charge on any atom is -0.361 e. The average molecular weight is 410 g/mol. The van der Waals surface area contributed by atoms with Crippen molar-refractivity contribution in [3.8, 4) is 0 Å². The summed E-state index contributed by atoms with van der Waals surface area (Å²) in [6.45, 7) is 6.02. The number of unbranched alkanes of at least 4 members (excludes halogenated alkanes) is 2. The molecule has 0 radical (unpaired) electrons. The number of rotatable bonds is 9. The van der Waals surface area contributed by atoms with Gasteiger partial charge in [-0.1, -0.05) is 37.1 Å². The van der Waals surface area contributed by atoms with Gasteiger partial charge in [-0.2, -0.15) is 0 Å². The lowest BCUT2D eigenvalue weighted by Gasteiger charge is -2.10. The topological polar surface area (TPSA) is 68.0 Å². The monoisotopic (exact) mass is 409 g/mol. The summed E-state index contributed by atoms with van der Waals surface area (Å²) in [5, 5.41) is 7.67. The fourth-order valence-corrected chi connectivity index (χ4v) is 4.20. The van der Waals surface area contributed by atoms with Crippen LogP contribution in [0, 0.1) is 13.8 Å². The minimum atomic E-state index is -0.155. The highest BCUT2D eigenvalue weighted by molar-refractivity contribution is 7.98. The first-order chi connectivity index (χ1) is 14.1. The molecule has 6 heteroatoms. The van der Waals surface area contributed by atoms with Gasteiger partial charge in [0.05, 0.1) is 11.3 Å². The Morgan fingerprint density at radius 3 is 2.62 bits per heavy atom. The molecule has 2 heterocycles. The third-order valence-corrected chi connectivity index (χ3v) is 5.86. The fourth-order valence-electron chi connectivity index (χ4n) is 3.06. The SMILES string of the molecule is CCCCCc1ccc(NC(=O)c2cccnc2SCc2c(C)noc2C)cc1. The number of nitrogens with one attached hydrogen (secondary N) is 1. The Balaban J connectivity index is 1.65. The number of aromatic nitrogens is 2. The molecule has 0 fully saturated rings. The second kappa shape index (κ2) is 10.3. The summed E-state index contributed by atoms with van der Waals surface area (Å²) in [6, 6.07) is 11.7. The molecule has 3 rings (SSSR count). The molecule has 0 aliphatic heterocycles. The van der Waals surface area contributed by atoms with E-state index in [0.717, 1.165) is 29.1 Å². The van der Waals surface area contributed by atoms with Gasteiger partial charge in [0, 0.05) is 23.2 Å². The van der Waals surface area contributed by atoms with Gasteiger partial charge in [-0.15, -0.1) is 11.8 Å². The van der Waals surface area contributed by atoms with Crippen LogP contribution in [-0.2, 0) is 12.2 Å². The standard InChI is InChI=1S/C23H27N3O2S/c1-4-5-6-8-18-10-12-19(13-11-18)25-22(27)20-9-7-14-24-23(20)29-15-21-16(2)26-28-17(21)3/h7,9-14H,4-6,8,15H2,1-3H3,(H,25,27). The van der Waals surface area contributed by atoms with E-state index in [1.807, 2.05) is 26.0 Å². The average Bonchev–Trinajstić information content (AvgIpc) is 3.05. The van der Waals surface area contributed by atoms with Gasteiger partial charge in [-0.25, -0.2) is 4.98 Å². The summed E-state index contributed by atoms with van der Waals surface area (Å²) in [5.74, 6) is 1.30. The van der Waals surface area contributed by atoms with Gasteiger partial charge in [-0.05, 0) is 56.5 Å². The van der Waals surface area contributed by atoms with Crippen molar-refractivity contribution in [2.45, 2.75) is 57.2 Å². The van der Waals surface area contributed by atoms with Crippen molar-refractivity contribution in [1.29, 1.82) is 0 Å². The largest absolute Gasteiger partial charge is 0.361 e. The molecular weight excluding hydrogens is 382 g/mol. The highest BCUT2D eigenvalue weighted by Crippen LogP contribution is 2.27. The number of hydrogen-bond acceptors (Lipinski definition) is 5. The number of aryl methyl sites for hydroxylation is 3. The third kappa shape index (κ3) is 5.70. The molecule has 1 amide bonds. The lowest BCUT2D eigenvalue weighted by atomic mass is 10.1. The Labute approximate surface area is 176 Å². The summed E-state index contributed by atoms with van der Waals surface area (Å²) in [7, 11) is 0. The molecule has 0 atom stereocenters. The van der Waals surface area contributed by atoms with Gasteiger partial charge in [-0.3, -0.25) is 4.79 Å². The van der Waals surface area contributed by atoms with E-state index in [1.165, 1.54) is 36.6 Å². The molecule has 1 aromatic carbocycles. The third-order valence-electron chi connectivity index (χ3n) is 4.83. The number of nitrogens with zero attached hydrogens (tertiary/aromatic N) is 2. The van der Waals surface area contributed by atoms with Gasteiger partial charge < -0.3 is 9.84 Å². The predicted molar refractivity (Wildman–Crippen MR) is 117 cm³/mol. The Hall–Kier alpha value is -2.60. The summed E-state index contributed by atoms with van der Waals surface area (Å²) >= 11 is 1.51. The van der Waals surface area contributed by atoms with E-state index >= 15 is 0 Å². The van der Waals surface area contributed by atoms with Crippen molar-refractivity contribution in [3.63, 3.8) is 0 Å². The molecule has 0 saturated carbocycles. The van der Waals surface area contributed by atoms with Crippen LogP contribution in [0.25, 0.3) is 0 Å². The molecular formula is C23H27N3O2S. The smallest absolute Gasteiger partial charge is 0.258 e. The zero-order valence-electron chi connectivity index (χ0n) is 17.2. The maximum atomic E-state index is 12.8.